The van der Waals surface area contributed by atoms with Crippen molar-refractivity contribution in [2.45, 2.75) is 24.7 Å². The van der Waals surface area contributed by atoms with Crippen molar-refractivity contribution < 1.29 is 0 Å². The van der Waals surface area contributed by atoms with Gasteiger partial charge in [-0.3, -0.25) is 4.98 Å². The van der Waals surface area contributed by atoms with E-state index in [2.05, 4.69) is 29.6 Å². The second-order valence-electron chi connectivity index (χ2n) is 3.32. The van der Waals surface area contributed by atoms with Gasteiger partial charge in [0.05, 0.1) is 5.69 Å². The molecule has 0 radical (unpaired) electrons. The van der Waals surface area contributed by atoms with Crippen LogP contribution in [0.1, 0.15) is 31.0 Å². The Morgan fingerprint density at radius 1 is 1.46 bits per heavy atom. The van der Waals surface area contributed by atoms with E-state index in [1.807, 2.05) is 18.5 Å². The smallest absolute Gasteiger partial charge is 0.0513 e. The highest BCUT2D eigenvalue weighted by atomic mass is 32.2. The van der Waals surface area contributed by atoms with Gasteiger partial charge in [-0.05, 0) is 30.0 Å². The molecule has 2 nitrogen and oxygen atoms in total. The van der Waals surface area contributed by atoms with Crippen molar-refractivity contribution in [3.63, 3.8) is 0 Å². The molecule has 1 aliphatic rings. The highest BCUT2D eigenvalue weighted by Crippen LogP contribution is 2.29. The van der Waals surface area contributed by atoms with Gasteiger partial charge < -0.3 is 4.72 Å². The predicted molar refractivity (Wildman–Crippen MR) is 56.4 cm³/mol. The monoisotopic (exact) mass is 192 g/mol. The molecule has 0 unspecified atom stereocenters. The van der Waals surface area contributed by atoms with E-state index in [-0.39, 0.29) is 0 Å². The minimum atomic E-state index is 0.485. The summed E-state index contributed by atoms with van der Waals surface area (Å²) in [4.78, 5) is 5.66. The van der Waals surface area contributed by atoms with Gasteiger partial charge in [-0.15, -0.1) is 0 Å². The number of rotatable bonds is 1. The molecule has 2 heterocycles. The van der Waals surface area contributed by atoms with Gasteiger partial charge in [-0.2, -0.15) is 0 Å². The van der Waals surface area contributed by atoms with Gasteiger partial charge in [0.1, 0.15) is 0 Å². The highest BCUT2D eigenvalue weighted by molar-refractivity contribution is 7.97. The Morgan fingerprint density at radius 2 is 2.31 bits per heavy atom. The first-order chi connectivity index (χ1) is 6.29. The molecule has 1 aromatic heterocycles. The summed E-state index contributed by atoms with van der Waals surface area (Å²) in [5, 5.41) is 0. The molecule has 68 valence electrons. The molecule has 0 fully saturated rings. The molecule has 0 aromatic carbocycles. The fraction of sp³-hybridized carbons (Fsp3) is 0.300. The lowest BCUT2D eigenvalue weighted by Gasteiger charge is -2.15. The van der Waals surface area contributed by atoms with E-state index < -0.39 is 0 Å². The van der Waals surface area contributed by atoms with E-state index >= 15 is 0 Å². The fourth-order valence-corrected chi connectivity index (χ4v) is 2.08. The van der Waals surface area contributed by atoms with Crippen LogP contribution in [0, 0.1) is 0 Å². The molecule has 0 saturated heterocycles. The van der Waals surface area contributed by atoms with Crippen molar-refractivity contribution in [2.24, 2.45) is 0 Å². The van der Waals surface area contributed by atoms with Crippen LogP contribution in [0.5, 0.6) is 0 Å². The zero-order valence-electron chi connectivity index (χ0n) is 7.74. The van der Waals surface area contributed by atoms with Crippen LogP contribution in [0.15, 0.2) is 23.4 Å². The molecule has 1 N–H and O–H groups in total. The van der Waals surface area contributed by atoms with Gasteiger partial charge in [0.25, 0.3) is 0 Å². The average molecular weight is 192 g/mol. The average Bonchev–Trinajstić information content (AvgIpc) is 2.17. The van der Waals surface area contributed by atoms with Crippen molar-refractivity contribution in [1.29, 1.82) is 0 Å². The topological polar surface area (TPSA) is 24.9 Å². The Bertz CT molecular complexity index is 345. The Hall–Kier alpha value is -0.960. The zero-order valence-corrected chi connectivity index (χ0v) is 8.56. The van der Waals surface area contributed by atoms with Crippen LogP contribution in [0.25, 0.3) is 6.08 Å². The summed E-state index contributed by atoms with van der Waals surface area (Å²) in [6.45, 7) is 4.34. The lowest BCUT2D eigenvalue weighted by Crippen LogP contribution is -2.04. The molecular formula is C10H12N2S. The van der Waals surface area contributed by atoms with Gasteiger partial charge in [-0.25, -0.2) is 0 Å². The maximum absolute atomic E-state index is 4.40. The second kappa shape index (κ2) is 3.42. The molecule has 0 spiro atoms. The molecule has 1 aromatic rings. The number of hydrogen-bond acceptors (Lipinski definition) is 3. The normalized spacial score (nSPS) is 14.1. The van der Waals surface area contributed by atoms with E-state index in [1.54, 1.807) is 11.9 Å². The number of fused-ring (bicyclic) bond motifs is 1. The quantitative estimate of drug-likeness (QED) is 0.692. The molecule has 0 atom stereocenters. The lowest BCUT2D eigenvalue weighted by atomic mass is 10.0. The third kappa shape index (κ3) is 1.56. The third-order valence-electron chi connectivity index (χ3n) is 2.01. The fourth-order valence-electron chi connectivity index (χ4n) is 1.40. The van der Waals surface area contributed by atoms with Gasteiger partial charge in [-0.1, -0.05) is 13.8 Å². The first-order valence-electron chi connectivity index (χ1n) is 4.37. The number of hydrogen-bond donors (Lipinski definition) is 1. The number of aromatic nitrogens is 1. The summed E-state index contributed by atoms with van der Waals surface area (Å²) >= 11 is 1.64. The van der Waals surface area contributed by atoms with Gasteiger partial charge in [0, 0.05) is 22.9 Å². The van der Waals surface area contributed by atoms with Crippen molar-refractivity contribution >= 4 is 18.0 Å². The lowest BCUT2D eigenvalue weighted by molar-refractivity contribution is 0.812. The van der Waals surface area contributed by atoms with E-state index in [0.29, 0.717) is 5.92 Å². The van der Waals surface area contributed by atoms with Crippen molar-refractivity contribution in [1.82, 2.24) is 9.71 Å². The molecule has 1 aliphatic heterocycles. The van der Waals surface area contributed by atoms with Crippen molar-refractivity contribution in [2.75, 3.05) is 0 Å². The molecule has 0 saturated carbocycles. The molecule has 0 bridgehead atoms. The summed E-state index contributed by atoms with van der Waals surface area (Å²) in [5.74, 6) is 0.485. The summed E-state index contributed by atoms with van der Waals surface area (Å²) < 4.78 is 3.12. The first kappa shape index (κ1) is 8.63. The Kier molecular flexibility index (Phi) is 2.27. The highest BCUT2D eigenvalue weighted by Gasteiger charge is 2.12. The van der Waals surface area contributed by atoms with E-state index in [0.717, 1.165) is 0 Å². The summed E-state index contributed by atoms with van der Waals surface area (Å²) in [6, 6.07) is 2.04. The predicted octanol–water partition coefficient (Wildman–Crippen LogP) is 2.79. The third-order valence-corrected chi connectivity index (χ3v) is 2.84. The van der Waals surface area contributed by atoms with E-state index in [1.165, 1.54) is 16.2 Å². The van der Waals surface area contributed by atoms with Crippen LogP contribution >= 0.6 is 11.9 Å². The zero-order chi connectivity index (χ0) is 9.26. The SMILES string of the molecule is CC(C)c1nccc2c1C=CNS2. The van der Waals surface area contributed by atoms with Crippen LogP contribution in [0.3, 0.4) is 0 Å². The number of nitrogens with zero attached hydrogens (tertiary/aromatic N) is 1. The van der Waals surface area contributed by atoms with Crippen LogP contribution in [-0.4, -0.2) is 4.98 Å². The molecule has 0 aliphatic carbocycles. The Labute approximate surface area is 82.6 Å². The van der Waals surface area contributed by atoms with E-state index in [9.17, 15) is 0 Å². The van der Waals surface area contributed by atoms with Crippen LogP contribution in [0.2, 0.25) is 0 Å². The minimum absolute atomic E-state index is 0.485. The maximum Gasteiger partial charge on any atom is 0.0513 e. The van der Waals surface area contributed by atoms with Crippen molar-refractivity contribution in [3.8, 4) is 0 Å². The number of nitrogens with one attached hydrogen (secondary N) is 1. The Morgan fingerprint density at radius 3 is 3.08 bits per heavy atom. The standard InChI is InChI=1S/C10H12N2S/c1-7(2)10-8-3-6-12-13-9(8)4-5-11-10/h3-7,12H,1-2H3. The van der Waals surface area contributed by atoms with Crippen LogP contribution < -0.4 is 4.72 Å². The van der Waals surface area contributed by atoms with Gasteiger partial charge in [0.15, 0.2) is 0 Å². The first-order valence-corrected chi connectivity index (χ1v) is 5.18. The molecular weight excluding hydrogens is 180 g/mol. The summed E-state index contributed by atoms with van der Waals surface area (Å²) in [5.41, 5.74) is 2.45. The second-order valence-corrected chi connectivity index (χ2v) is 4.20. The van der Waals surface area contributed by atoms with Gasteiger partial charge >= 0.3 is 0 Å². The maximum atomic E-state index is 4.40. The summed E-state index contributed by atoms with van der Waals surface area (Å²) in [7, 11) is 0. The molecule has 3 heteroatoms. The molecule has 2 rings (SSSR count). The van der Waals surface area contributed by atoms with Crippen LogP contribution in [0.4, 0.5) is 0 Å². The molecule has 0 amide bonds. The van der Waals surface area contributed by atoms with Gasteiger partial charge in [0.2, 0.25) is 0 Å². The van der Waals surface area contributed by atoms with Crippen LogP contribution in [-0.2, 0) is 0 Å². The van der Waals surface area contributed by atoms with E-state index in [4.69, 9.17) is 0 Å². The largest absolute Gasteiger partial charge is 0.332 e. The number of pyridine rings is 1. The Balaban J connectivity index is 2.54. The summed E-state index contributed by atoms with van der Waals surface area (Å²) in [6.07, 6.45) is 5.93. The van der Waals surface area contributed by atoms with Crippen molar-refractivity contribution in [3.05, 3.63) is 29.7 Å². The molecule has 13 heavy (non-hydrogen) atoms. The minimum Gasteiger partial charge on any atom is -0.332 e.